The molecule has 0 saturated heterocycles. The van der Waals surface area contributed by atoms with Gasteiger partial charge in [0.15, 0.2) is 5.82 Å². The van der Waals surface area contributed by atoms with Crippen LogP contribution in [0.1, 0.15) is 34.7 Å². The van der Waals surface area contributed by atoms with E-state index in [1.165, 1.54) is 76.8 Å². The van der Waals surface area contributed by atoms with Gasteiger partial charge in [0.1, 0.15) is 0 Å². The Kier molecular flexibility index (Phi) is 8.72. The second-order valence-corrected chi connectivity index (χ2v) is 16.6. The van der Waals surface area contributed by atoms with E-state index in [-0.39, 0.29) is 0 Å². The normalized spacial score (nSPS) is 12.7. The molecule has 296 valence electrons. The summed E-state index contributed by atoms with van der Waals surface area (Å²) in [4.78, 5) is 10.8. The van der Waals surface area contributed by atoms with Gasteiger partial charge in [-0.3, -0.25) is 0 Å². The van der Waals surface area contributed by atoms with E-state index in [2.05, 4.69) is 231 Å². The molecule has 0 bridgehead atoms. The predicted octanol–water partition coefficient (Wildman–Crippen LogP) is 15.5. The van der Waals surface area contributed by atoms with Crippen molar-refractivity contribution >= 4 is 32.3 Å². The quantitative estimate of drug-likeness (QED) is 0.150. The van der Waals surface area contributed by atoms with Crippen molar-refractivity contribution in [1.29, 1.82) is 0 Å². The highest BCUT2D eigenvalue weighted by Gasteiger charge is 2.46. The summed E-state index contributed by atoms with van der Waals surface area (Å²) >= 11 is 0. The Bertz CT molecular complexity index is 3420. The second kappa shape index (κ2) is 14.9. The zero-order valence-electron chi connectivity index (χ0n) is 35.0. The Morgan fingerprint density at radius 3 is 1.48 bits per heavy atom. The molecule has 0 atom stereocenters. The van der Waals surface area contributed by atoms with E-state index < -0.39 is 5.41 Å². The summed E-state index contributed by atoms with van der Waals surface area (Å²) < 4.78 is 0. The fourth-order valence-electron chi connectivity index (χ4n) is 10.6. The Hall–Kier alpha value is -7.94. The molecule has 10 aromatic carbocycles. The molecule has 0 unspecified atom stereocenters. The van der Waals surface area contributed by atoms with Crippen molar-refractivity contribution < 1.29 is 0 Å². The molecule has 0 saturated carbocycles. The number of hydrogen-bond acceptors (Lipinski definition) is 2. The molecule has 2 heteroatoms. The highest BCUT2D eigenvalue weighted by molar-refractivity contribution is 6.29. The van der Waals surface area contributed by atoms with E-state index in [0.717, 1.165) is 45.9 Å². The Labute approximate surface area is 367 Å². The van der Waals surface area contributed by atoms with E-state index in [9.17, 15) is 0 Å². The van der Waals surface area contributed by atoms with Crippen LogP contribution in [-0.4, -0.2) is 9.97 Å². The monoisotopic (exact) mass is 802 g/mol. The molecule has 1 aliphatic rings. The molecule has 63 heavy (non-hydrogen) atoms. The number of rotatable bonds is 7. The van der Waals surface area contributed by atoms with Crippen molar-refractivity contribution in [2.24, 2.45) is 0 Å². The van der Waals surface area contributed by atoms with Crippen molar-refractivity contribution in [2.75, 3.05) is 0 Å². The van der Waals surface area contributed by atoms with Gasteiger partial charge in [0.2, 0.25) is 0 Å². The zero-order chi connectivity index (χ0) is 41.9. The van der Waals surface area contributed by atoms with Crippen LogP contribution < -0.4 is 0 Å². The molecule has 1 aliphatic carbocycles. The van der Waals surface area contributed by atoms with Crippen molar-refractivity contribution in [3.8, 4) is 56.2 Å². The molecule has 0 spiro atoms. The molecular weight excluding hydrogens is 761 g/mol. The van der Waals surface area contributed by atoms with Gasteiger partial charge in [0, 0.05) is 22.3 Å². The number of fused-ring (bicyclic) bond motifs is 9. The van der Waals surface area contributed by atoms with E-state index in [1.807, 2.05) is 0 Å². The summed E-state index contributed by atoms with van der Waals surface area (Å²) in [5, 5.41) is 7.34. The summed E-state index contributed by atoms with van der Waals surface area (Å²) in [5.41, 5.74) is 15.9. The van der Waals surface area contributed by atoms with Crippen molar-refractivity contribution in [3.05, 3.63) is 252 Å². The van der Waals surface area contributed by atoms with Gasteiger partial charge >= 0.3 is 0 Å². The highest BCUT2D eigenvalue weighted by Crippen LogP contribution is 2.57. The molecule has 0 fully saturated rings. The van der Waals surface area contributed by atoms with Crippen LogP contribution in [0.4, 0.5) is 0 Å². The van der Waals surface area contributed by atoms with Crippen LogP contribution in [0.15, 0.2) is 224 Å². The van der Waals surface area contributed by atoms with Gasteiger partial charge in [-0.25, -0.2) is 9.97 Å². The van der Waals surface area contributed by atoms with Gasteiger partial charge in [0.25, 0.3) is 0 Å². The maximum Gasteiger partial charge on any atom is 0.160 e. The molecule has 11 aromatic rings. The fraction of sp³-hybridized carbons (Fsp3) is 0.0492. The van der Waals surface area contributed by atoms with Crippen LogP contribution in [0.5, 0.6) is 0 Å². The zero-order valence-corrected chi connectivity index (χ0v) is 35.0. The number of nitrogens with zero attached hydrogens (tertiary/aromatic N) is 2. The predicted molar refractivity (Wildman–Crippen MR) is 263 cm³/mol. The first-order valence-electron chi connectivity index (χ1n) is 22.0. The smallest absolute Gasteiger partial charge is 0.160 e. The van der Waals surface area contributed by atoms with Crippen LogP contribution in [0.2, 0.25) is 0 Å². The molecule has 0 N–H and O–H groups in total. The molecule has 0 radical (unpaired) electrons. The molecule has 0 aliphatic heterocycles. The molecule has 2 nitrogen and oxygen atoms in total. The fourth-order valence-corrected chi connectivity index (χ4v) is 10.6. The maximum absolute atomic E-state index is 5.41. The average Bonchev–Trinajstić information content (AvgIpc) is 3.67. The van der Waals surface area contributed by atoms with Crippen LogP contribution in [0.3, 0.4) is 0 Å². The van der Waals surface area contributed by atoms with E-state index in [1.54, 1.807) is 0 Å². The third-order valence-electron chi connectivity index (χ3n) is 13.3. The third kappa shape index (κ3) is 5.72. The van der Waals surface area contributed by atoms with E-state index >= 15 is 0 Å². The minimum absolute atomic E-state index is 0.450. The van der Waals surface area contributed by atoms with Crippen LogP contribution in [-0.2, 0) is 11.8 Å². The lowest BCUT2D eigenvalue weighted by atomic mass is 9.67. The number of hydrogen-bond donors (Lipinski definition) is 0. The van der Waals surface area contributed by atoms with Gasteiger partial charge in [-0.2, -0.15) is 0 Å². The topological polar surface area (TPSA) is 25.8 Å². The largest absolute Gasteiger partial charge is 0.228 e. The molecule has 1 heterocycles. The Balaban J connectivity index is 1.12. The molecule has 12 rings (SSSR count). The van der Waals surface area contributed by atoms with E-state index in [0.29, 0.717) is 0 Å². The Morgan fingerprint density at radius 2 is 0.841 bits per heavy atom. The minimum atomic E-state index is -0.450. The van der Waals surface area contributed by atoms with Gasteiger partial charge in [-0.1, -0.05) is 219 Å². The van der Waals surface area contributed by atoms with Gasteiger partial charge in [0.05, 0.1) is 16.8 Å². The van der Waals surface area contributed by atoms with E-state index in [4.69, 9.17) is 9.97 Å². The standard InChI is InChI=1S/C61H42N2/c1-2-46-58(40-20-7-3-8-21-40)62-60(63-59(46)41-22-9-4-10-23-41)43-34-36-50-48-28-15-16-29-49(48)52-32-19-31-47(57(52)54(50)39-43)42-35-37-56-53(38-42)51-30-17-18-33-55(51)61(56,44-24-11-5-12-25-44)45-26-13-6-14-27-45/h3-39H,2H2,1H3. The first-order chi connectivity index (χ1) is 31.2. The van der Waals surface area contributed by atoms with Crippen molar-refractivity contribution in [1.82, 2.24) is 9.97 Å². The highest BCUT2D eigenvalue weighted by atomic mass is 14.9. The summed E-state index contributed by atoms with van der Waals surface area (Å²) in [6.07, 6.45) is 0.815. The molecular formula is C61H42N2. The Morgan fingerprint density at radius 1 is 0.349 bits per heavy atom. The van der Waals surface area contributed by atoms with Gasteiger partial charge < -0.3 is 0 Å². The van der Waals surface area contributed by atoms with Gasteiger partial charge in [-0.05, 0) is 95.4 Å². The summed E-state index contributed by atoms with van der Waals surface area (Å²) in [6, 6.07) is 81.9. The summed E-state index contributed by atoms with van der Waals surface area (Å²) in [6.45, 7) is 2.20. The molecule has 1 aromatic heterocycles. The third-order valence-corrected chi connectivity index (χ3v) is 13.3. The maximum atomic E-state index is 5.41. The van der Waals surface area contributed by atoms with Crippen LogP contribution >= 0.6 is 0 Å². The van der Waals surface area contributed by atoms with Crippen molar-refractivity contribution in [2.45, 2.75) is 18.8 Å². The lowest BCUT2D eigenvalue weighted by molar-refractivity contribution is 0.768. The SMILES string of the molecule is CCc1c(-c2ccccc2)nc(-c2ccc3c4ccccc4c4cccc(-c5ccc6c(c5)-c5ccccc5C6(c5ccccc5)c5ccccc5)c4c3c2)nc1-c1ccccc1. The van der Waals surface area contributed by atoms with Gasteiger partial charge in [-0.15, -0.1) is 0 Å². The summed E-state index contributed by atoms with van der Waals surface area (Å²) in [5.74, 6) is 0.720. The van der Waals surface area contributed by atoms with Crippen LogP contribution in [0.25, 0.3) is 88.5 Å². The van der Waals surface area contributed by atoms with Crippen molar-refractivity contribution in [3.63, 3.8) is 0 Å². The average molecular weight is 803 g/mol. The van der Waals surface area contributed by atoms with Crippen LogP contribution in [0, 0.1) is 0 Å². The number of aromatic nitrogens is 2. The first-order valence-corrected chi connectivity index (χ1v) is 22.0. The second-order valence-electron chi connectivity index (χ2n) is 16.6. The molecule has 0 amide bonds. The first kappa shape index (κ1) is 36.9. The lowest BCUT2D eigenvalue weighted by Crippen LogP contribution is -2.28. The minimum Gasteiger partial charge on any atom is -0.228 e. The lowest BCUT2D eigenvalue weighted by Gasteiger charge is -2.33. The summed E-state index contributed by atoms with van der Waals surface area (Å²) in [7, 11) is 0. The number of benzene rings is 10.